The molecule has 3 aromatic rings. The minimum atomic E-state index is -0.384. The van der Waals surface area contributed by atoms with Crippen molar-refractivity contribution in [2.24, 2.45) is 0 Å². The number of methoxy groups -OCH3 is 1. The fraction of sp³-hybridized carbons (Fsp3) is 0.130. The monoisotopic (exact) mass is 474 g/mol. The molecule has 0 heterocycles. The van der Waals surface area contributed by atoms with Gasteiger partial charge in [-0.25, -0.2) is 0 Å². The van der Waals surface area contributed by atoms with Gasteiger partial charge in [0.1, 0.15) is 5.75 Å². The zero-order valence-electron chi connectivity index (χ0n) is 16.8. The summed E-state index contributed by atoms with van der Waals surface area (Å²) in [5.41, 5.74) is 1.70. The molecule has 160 valence electrons. The van der Waals surface area contributed by atoms with Gasteiger partial charge in [0.15, 0.2) is 0 Å². The summed E-state index contributed by atoms with van der Waals surface area (Å²) in [7, 11) is 1.57. The number of carbonyl (C=O) groups excluding carboxylic acids is 2. The second kappa shape index (κ2) is 10.6. The van der Waals surface area contributed by atoms with E-state index in [0.717, 1.165) is 4.90 Å². The first-order chi connectivity index (χ1) is 14.8. The Morgan fingerprint density at radius 3 is 2.23 bits per heavy atom. The van der Waals surface area contributed by atoms with E-state index in [1.807, 2.05) is 18.2 Å². The van der Waals surface area contributed by atoms with E-state index in [1.54, 1.807) is 62.6 Å². The molecule has 0 aliphatic carbocycles. The van der Waals surface area contributed by atoms with Crippen molar-refractivity contribution < 1.29 is 14.3 Å². The first kappa shape index (κ1) is 23.0. The van der Waals surface area contributed by atoms with E-state index < -0.39 is 0 Å². The van der Waals surface area contributed by atoms with Crippen LogP contribution >= 0.6 is 35.0 Å². The zero-order chi connectivity index (χ0) is 22.4. The van der Waals surface area contributed by atoms with Crippen LogP contribution in [-0.4, -0.2) is 24.2 Å². The molecule has 3 rings (SSSR count). The maximum Gasteiger partial charge on any atom is 0.255 e. The standard InChI is InChI=1S/C23H20Cl2N2O3S/c1-14(22(28)27-19-11-16(24)10-17(25)12-19)31-21-5-3-4-18(13-21)26-23(29)15-6-8-20(30-2)9-7-15/h3-14H,1-2H3,(H,26,29)(H,27,28). The lowest BCUT2D eigenvalue weighted by molar-refractivity contribution is -0.115. The van der Waals surface area contributed by atoms with Crippen molar-refractivity contribution in [1.82, 2.24) is 0 Å². The van der Waals surface area contributed by atoms with Crippen molar-refractivity contribution in [2.75, 3.05) is 17.7 Å². The Morgan fingerprint density at radius 2 is 1.58 bits per heavy atom. The van der Waals surface area contributed by atoms with E-state index in [0.29, 0.717) is 32.7 Å². The number of carbonyl (C=O) groups is 2. The van der Waals surface area contributed by atoms with Crippen LogP contribution in [0.5, 0.6) is 5.75 Å². The van der Waals surface area contributed by atoms with E-state index in [4.69, 9.17) is 27.9 Å². The van der Waals surface area contributed by atoms with Gasteiger partial charge < -0.3 is 15.4 Å². The van der Waals surface area contributed by atoms with Gasteiger partial charge in [0, 0.05) is 31.9 Å². The van der Waals surface area contributed by atoms with Gasteiger partial charge >= 0.3 is 0 Å². The number of hydrogen-bond donors (Lipinski definition) is 2. The topological polar surface area (TPSA) is 67.4 Å². The number of hydrogen-bond acceptors (Lipinski definition) is 4. The molecule has 0 saturated heterocycles. The third-order valence-electron chi connectivity index (χ3n) is 4.26. The molecule has 3 aromatic carbocycles. The summed E-state index contributed by atoms with van der Waals surface area (Å²) in [6, 6.07) is 19.1. The maximum absolute atomic E-state index is 12.5. The predicted octanol–water partition coefficient (Wildman–Crippen LogP) is 6.37. The third kappa shape index (κ3) is 6.66. The molecule has 31 heavy (non-hydrogen) atoms. The van der Waals surface area contributed by atoms with Gasteiger partial charge in [-0.05, 0) is 67.6 Å². The second-order valence-electron chi connectivity index (χ2n) is 6.62. The summed E-state index contributed by atoms with van der Waals surface area (Å²) in [6.07, 6.45) is 0. The summed E-state index contributed by atoms with van der Waals surface area (Å²) < 4.78 is 5.11. The fourth-order valence-corrected chi connectivity index (χ4v) is 4.17. The van der Waals surface area contributed by atoms with E-state index in [2.05, 4.69) is 10.6 Å². The fourth-order valence-electron chi connectivity index (χ4n) is 2.72. The van der Waals surface area contributed by atoms with Crippen molar-refractivity contribution in [3.05, 3.63) is 82.3 Å². The average molecular weight is 475 g/mol. The van der Waals surface area contributed by atoms with Crippen molar-refractivity contribution in [3.8, 4) is 5.75 Å². The molecule has 1 unspecified atom stereocenters. The van der Waals surface area contributed by atoms with Gasteiger partial charge in [-0.1, -0.05) is 29.3 Å². The van der Waals surface area contributed by atoms with Gasteiger partial charge in [0.2, 0.25) is 5.91 Å². The van der Waals surface area contributed by atoms with E-state index in [9.17, 15) is 9.59 Å². The Kier molecular flexibility index (Phi) is 7.85. The Bertz CT molecular complexity index is 1070. The lowest BCUT2D eigenvalue weighted by atomic mass is 10.2. The van der Waals surface area contributed by atoms with Crippen LogP contribution in [0, 0.1) is 0 Å². The van der Waals surface area contributed by atoms with Crippen LogP contribution in [0.15, 0.2) is 71.6 Å². The van der Waals surface area contributed by atoms with E-state index in [1.165, 1.54) is 11.8 Å². The van der Waals surface area contributed by atoms with E-state index >= 15 is 0 Å². The summed E-state index contributed by atoms with van der Waals surface area (Å²) in [5.74, 6) is 0.270. The molecule has 8 heteroatoms. The molecule has 0 saturated carbocycles. The van der Waals surface area contributed by atoms with Crippen LogP contribution in [0.25, 0.3) is 0 Å². The molecule has 2 amide bonds. The normalized spacial score (nSPS) is 11.5. The van der Waals surface area contributed by atoms with Crippen molar-refractivity contribution in [3.63, 3.8) is 0 Å². The molecule has 0 aromatic heterocycles. The van der Waals surface area contributed by atoms with Crippen LogP contribution in [0.3, 0.4) is 0 Å². The summed E-state index contributed by atoms with van der Waals surface area (Å²) in [4.78, 5) is 25.9. The molecule has 0 aliphatic heterocycles. The van der Waals surface area contributed by atoms with Crippen LogP contribution in [0.4, 0.5) is 11.4 Å². The maximum atomic E-state index is 12.5. The molecular formula is C23H20Cl2N2O3S. The highest BCUT2D eigenvalue weighted by Gasteiger charge is 2.16. The Balaban J connectivity index is 1.62. The molecule has 0 aliphatic rings. The Labute approximate surface area is 195 Å². The number of halogens is 2. The SMILES string of the molecule is COc1ccc(C(=O)Nc2cccc(SC(C)C(=O)Nc3cc(Cl)cc(Cl)c3)c2)cc1. The highest BCUT2D eigenvalue weighted by atomic mass is 35.5. The number of amides is 2. The van der Waals surface area contributed by atoms with Gasteiger partial charge in [-0.3, -0.25) is 9.59 Å². The van der Waals surface area contributed by atoms with Gasteiger partial charge in [-0.15, -0.1) is 11.8 Å². The number of benzene rings is 3. The molecule has 0 radical (unpaired) electrons. The molecule has 0 fully saturated rings. The molecule has 0 spiro atoms. The highest BCUT2D eigenvalue weighted by molar-refractivity contribution is 8.00. The minimum Gasteiger partial charge on any atom is -0.497 e. The zero-order valence-corrected chi connectivity index (χ0v) is 19.1. The van der Waals surface area contributed by atoms with Crippen molar-refractivity contribution in [1.29, 1.82) is 0 Å². The average Bonchev–Trinajstić information content (AvgIpc) is 2.73. The molecule has 2 N–H and O–H groups in total. The quantitative estimate of drug-likeness (QED) is 0.390. The van der Waals surface area contributed by atoms with Crippen LogP contribution < -0.4 is 15.4 Å². The van der Waals surface area contributed by atoms with Gasteiger partial charge in [0.25, 0.3) is 5.91 Å². The Morgan fingerprint density at radius 1 is 0.903 bits per heavy atom. The minimum absolute atomic E-state index is 0.184. The van der Waals surface area contributed by atoms with Gasteiger partial charge in [-0.2, -0.15) is 0 Å². The first-order valence-electron chi connectivity index (χ1n) is 9.33. The first-order valence-corrected chi connectivity index (χ1v) is 11.0. The lowest BCUT2D eigenvalue weighted by Crippen LogP contribution is -2.22. The molecule has 0 bridgehead atoms. The van der Waals surface area contributed by atoms with Crippen LogP contribution in [0.2, 0.25) is 10.0 Å². The van der Waals surface area contributed by atoms with Crippen molar-refractivity contribution >= 4 is 58.2 Å². The van der Waals surface area contributed by atoms with E-state index in [-0.39, 0.29) is 17.1 Å². The highest BCUT2D eigenvalue weighted by Crippen LogP contribution is 2.28. The third-order valence-corrected chi connectivity index (χ3v) is 5.79. The number of nitrogens with one attached hydrogen (secondary N) is 2. The molecule has 5 nitrogen and oxygen atoms in total. The Hall–Kier alpha value is -2.67. The number of ether oxygens (including phenoxy) is 1. The van der Waals surface area contributed by atoms with Crippen molar-refractivity contribution in [2.45, 2.75) is 17.1 Å². The molecular weight excluding hydrogens is 455 g/mol. The van der Waals surface area contributed by atoms with Gasteiger partial charge in [0.05, 0.1) is 12.4 Å². The summed E-state index contributed by atoms with van der Waals surface area (Å²) in [5, 5.41) is 6.19. The lowest BCUT2D eigenvalue weighted by Gasteiger charge is -2.13. The molecule has 1 atom stereocenters. The largest absolute Gasteiger partial charge is 0.497 e. The summed E-state index contributed by atoms with van der Waals surface area (Å²) >= 11 is 13.3. The summed E-state index contributed by atoms with van der Waals surface area (Å²) in [6.45, 7) is 1.80. The number of anilines is 2. The number of rotatable bonds is 7. The smallest absolute Gasteiger partial charge is 0.255 e. The second-order valence-corrected chi connectivity index (χ2v) is 8.90. The van der Waals surface area contributed by atoms with Crippen LogP contribution in [0.1, 0.15) is 17.3 Å². The number of thioether (sulfide) groups is 1. The van der Waals surface area contributed by atoms with Crippen LogP contribution in [-0.2, 0) is 4.79 Å². The predicted molar refractivity (Wildman–Crippen MR) is 128 cm³/mol.